The Morgan fingerprint density at radius 3 is 2.23 bits per heavy atom. The van der Waals surface area contributed by atoms with Crippen molar-refractivity contribution >= 4 is 40.9 Å². The van der Waals surface area contributed by atoms with Gasteiger partial charge in [0.1, 0.15) is 17.2 Å². The largest absolute Gasteiger partial charge is 0.497 e. The van der Waals surface area contributed by atoms with Crippen LogP contribution in [0.2, 0.25) is 5.02 Å². The van der Waals surface area contributed by atoms with Gasteiger partial charge in [0.25, 0.3) is 5.91 Å². The van der Waals surface area contributed by atoms with Gasteiger partial charge in [0.15, 0.2) is 11.0 Å². The molecule has 0 saturated carbocycles. The number of carbonyl (C=O) groups is 2. The minimum absolute atomic E-state index is 0.0659. The van der Waals surface area contributed by atoms with Crippen molar-refractivity contribution in [2.45, 2.75) is 11.7 Å². The van der Waals surface area contributed by atoms with Crippen LogP contribution in [-0.4, -0.2) is 53.7 Å². The van der Waals surface area contributed by atoms with Crippen molar-refractivity contribution in [3.8, 4) is 22.9 Å². The van der Waals surface area contributed by atoms with Crippen LogP contribution < -0.4 is 24.8 Å². The average molecular weight is 568 g/mol. The second kappa shape index (κ2) is 13.0. The number of thioether (sulfide) groups is 1. The van der Waals surface area contributed by atoms with E-state index in [0.29, 0.717) is 50.2 Å². The zero-order valence-corrected chi connectivity index (χ0v) is 23.0. The molecule has 0 radical (unpaired) electrons. The summed E-state index contributed by atoms with van der Waals surface area (Å²) in [6, 6.07) is 19.1. The topological polar surface area (TPSA) is 117 Å². The number of nitrogens with one attached hydrogen (secondary N) is 2. The van der Waals surface area contributed by atoms with Gasteiger partial charge >= 0.3 is 0 Å². The molecule has 2 amide bonds. The molecule has 4 rings (SSSR count). The van der Waals surface area contributed by atoms with E-state index in [1.807, 2.05) is 6.07 Å². The Labute approximate surface area is 234 Å². The predicted octanol–water partition coefficient (Wildman–Crippen LogP) is 4.61. The molecule has 0 atom stereocenters. The first-order valence-corrected chi connectivity index (χ1v) is 13.0. The highest BCUT2D eigenvalue weighted by atomic mass is 35.5. The Balaban J connectivity index is 1.50. The number of aromatic nitrogens is 3. The SMILES string of the molecule is COc1ccc(NC(=O)CSc2nnc(CNC(=O)c3cc(OC)cc(OC)c3)n2-c2cccc(Cl)c2)cc1. The van der Waals surface area contributed by atoms with Crippen molar-refractivity contribution < 1.29 is 23.8 Å². The molecule has 0 fully saturated rings. The number of anilines is 1. The normalized spacial score (nSPS) is 10.6. The Hall–Kier alpha value is -4.22. The molecule has 0 unspecified atom stereocenters. The van der Waals surface area contributed by atoms with E-state index in [1.54, 1.807) is 72.3 Å². The van der Waals surface area contributed by atoms with Gasteiger partial charge in [-0.2, -0.15) is 0 Å². The molecule has 0 aliphatic heterocycles. The summed E-state index contributed by atoms with van der Waals surface area (Å²) in [7, 11) is 4.61. The number of rotatable bonds is 11. The molecule has 10 nitrogen and oxygen atoms in total. The van der Waals surface area contributed by atoms with Crippen LogP contribution in [0.1, 0.15) is 16.2 Å². The molecule has 1 heterocycles. The first-order valence-electron chi connectivity index (χ1n) is 11.7. The van der Waals surface area contributed by atoms with E-state index >= 15 is 0 Å². The highest BCUT2D eigenvalue weighted by Crippen LogP contribution is 2.25. The average Bonchev–Trinajstić information content (AvgIpc) is 3.37. The highest BCUT2D eigenvalue weighted by Gasteiger charge is 2.18. The van der Waals surface area contributed by atoms with Gasteiger partial charge < -0.3 is 24.8 Å². The number of halogens is 1. The second-order valence-electron chi connectivity index (χ2n) is 8.06. The van der Waals surface area contributed by atoms with Gasteiger partial charge in [-0.25, -0.2) is 0 Å². The Morgan fingerprint density at radius 2 is 1.59 bits per heavy atom. The summed E-state index contributed by atoms with van der Waals surface area (Å²) in [4.78, 5) is 25.5. The van der Waals surface area contributed by atoms with Crippen molar-refractivity contribution in [1.29, 1.82) is 0 Å². The standard InChI is InChI=1S/C27H26ClN5O5S/c1-36-21-9-7-19(8-10-21)30-25(34)16-39-27-32-31-24(33(27)20-6-4-5-18(28)13-20)15-29-26(35)17-11-22(37-2)14-23(12-17)38-3/h4-14H,15-16H2,1-3H3,(H,29,35)(H,30,34). The fourth-order valence-corrected chi connectivity index (χ4v) is 4.54. The monoisotopic (exact) mass is 567 g/mol. The predicted molar refractivity (Wildman–Crippen MR) is 149 cm³/mol. The lowest BCUT2D eigenvalue weighted by Gasteiger charge is -2.12. The van der Waals surface area contributed by atoms with Crippen molar-refractivity contribution in [3.63, 3.8) is 0 Å². The third-order valence-electron chi connectivity index (χ3n) is 5.49. The Morgan fingerprint density at radius 1 is 0.897 bits per heavy atom. The van der Waals surface area contributed by atoms with Gasteiger partial charge in [0, 0.05) is 22.3 Å². The first kappa shape index (κ1) is 27.8. The maximum atomic E-state index is 12.9. The first-order chi connectivity index (χ1) is 18.9. The van der Waals surface area contributed by atoms with Gasteiger partial charge in [-0.1, -0.05) is 29.4 Å². The Kier molecular flexibility index (Phi) is 9.29. The number of nitrogens with zero attached hydrogens (tertiary/aromatic N) is 3. The van der Waals surface area contributed by atoms with Crippen LogP contribution >= 0.6 is 23.4 Å². The van der Waals surface area contributed by atoms with Crippen molar-refractivity contribution in [1.82, 2.24) is 20.1 Å². The van der Waals surface area contributed by atoms with Crippen LogP contribution in [0.5, 0.6) is 17.2 Å². The molecule has 0 aliphatic rings. The fourth-order valence-electron chi connectivity index (χ4n) is 3.58. The highest BCUT2D eigenvalue weighted by molar-refractivity contribution is 7.99. The molecule has 2 N–H and O–H groups in total. The number of methoxy groups -OCH3 is 3. The maximum absolute atomic E-state index is 12.9. The summed E-state index contributed by atoms with van der Waals surface area (Å²) in [5.74, 6) is 1.66. The van der Waals surface area contributed by atoms with Crippen LogP contribution in [0.3, 0.4) is 0 Å². The number of carbonyl (C=O) groups excluding carboxylic acids is 2. The quantitative estimate of drug-likeness (QED) is 0.252. The van der Waals surface area contributed by atoms with Gasteiger partial charge in [0.2, 0.25) is 5.91 Å². The van der Waals surface area contributed by atoms with Crippen LogP contribution in [0, 0.1) is 0 Å². The summed E-state index contributed by atoms with van der Waals surface area (Å²) in [6.45, 7) is 0.0659. The summed E-state index contributed by atoms with van der Waals surface area (Å²) in [6.07, 6.45) is 0. The van der Waals surface area contributed by atoms with Crippen molar-refractivity contribution in [2.75, 3.05) is 32.4 Å². The lowest BCUT2D eigenvalue weighted by molar-refractivity contribution is -0.113. The molecular formula is C27H26ClN5O5S. The smallest absolute Gasteiger partial charge is 0.251 e. The molecule has 1 aromatic heterocycles. The van der Waals surface area contributed by atoms with Gasteiger partial charge in [-0.15, -0.1) is 10.2 Å². The number of hydrogen-bond donors (Lipinski definition) is 2. The van der Waals surface area contributed by atoms with Gasteiger partial charge in [-0.3, -0.25) is 14.2 Å². The van der Waals surface area contributed by atoms with Crippen LogP contribution in [-0.2, 0) is 11.3 Å². The van der Waals surface area contributed by atoms with Crippen molar-refractivity contribution in [2.24, 2.45) is 0 Å². The minimum atomic E-state index is -0.346. The summed E-state index contributed by atoms with van der Waals surface area (Å²) in [5.41, 5.74) is 1.71. The molecule has 39 heavy (non-hydrogen) atoms. The van der Waals surface area contributed by atoms with Crippen LogP contribution in [0.15, 0.2) is 71.9 Å². The second-order valence-corrected chi connectivity index (χ2v) is 9.44. The van der Waals surface area contributed by atoms with E-state index in [4.69, 9.17) is 25.8 Å². The van der Waals surface area contributed by atoms with Crippen LogP contribution in [0.25, 0.3) is 5.69 Å². The molecule has 202 valence electrons. The van der Waals surface area contributed by atoms with Crippen molar-refractivity contribution in [3.05, 3.63) is 83.1 Å². The number of amides is 2. The number of ether oxygens (including phenoxy) is 3. The number of hydrogen-bond acceptors (Lipinski definition) is 8. The third kappa shape index (κ3) is 7.21. The van der Waals surface area contributed by atoms with E-state index in [2.05, 4.69) is 20.8 Å². The molecular weight excluding hydrogens is 542 g/mol. The maximum Gasteiger partial charge on any atom is 0.251 e. The molecule has 3 aromatic carbocycles. The lowest BCUT2D eigenvalue weighted by atomic mass is 10.2. The van der Waals surface area contributed by atoms with E-state index in [-0.39, 0.29) is 24.1 Å². The molecule has 0 saturated heterocycles. The zero-order valence-electron chi connectivity index (χ0n) is 21.4. The van der Waals surface area contributed by atoms with Gasteiger partial charge in [0.05, 0.1) is 39.3 Å². The third-order valence-corrected chi connectivity index (χ3v) is 6.66. The summed E-state index contributed by atoms with van der Waals surface area (Å²) in [5, 5.41) is 15.2. The molecule has 12 heteroatoms. The van der Waals surface area contributed by atoms with E-state index in [1.165, 1.54) is 26.0 Å². The van der Waals surface area contributed by atoms with E-state index in [0.717, 1.165) is 0 Å². The molecule has 4 aromatic rings. The molecule has 0 spiro atoms. The van der Waals surface area contributed by atoms with Gasteiger partial charge in [-0.05, 0) is 54.6 Å². The molecule has 0 bridgehead atoms. The fraction of sp³-hybridized carbons (Fsp3) is 0.185. The molecule has 0 aliphatic carbocycles. The summed E-state index contributed by atoms with van der Waals surface area (Å²) >= 11 is 7.45. The van der Waals surface area contributed by atoms with E-state index in [9.17, 15) is 9.59 Å². The minimum Gasteiger partial charge on any atom is -0.497 e. The van der Waals surface area contributed by atoms with Crippen LogP contribution in [0.4, 0.5) is 5.69 Å². The lowest BCUT2D eigenvalue weighted by Crippen LogP contribution is -2.24. The zero-order chi connectivity index (χ0) is 27.8. The summed E-state index contributed by atoms with van der Waals surface area (Å²) < 4.78 is 17.4. The Bertz CT molecular complexity index is 1440. The number of benzene rings is 3. The van der Waals surface area contributed by atoms with E-state index < -0.39 is 0 Å².